The molecule has 9 heteroatoms. The fourth-order valence-corrected chi connectivity index (χ4v) is 3.34. The number of esters is 1. The summed E-state index contributed by atoms with van der Waals surface area (Å²) in [6, 6.07) is 5.29. The van der Waals surface area contributed by atoms with E-state index in [1.54, 1.807) is 13.1 Å². The van der Waals surface area contributed by atoms with Crippen molar-refractivity contribution in [2.24, 2.45) is 4.99 Å². The van der Waals surface area contributed by atoms with Crippen LogP contribution in [0.25, 0.3) is 0 Å². The Balaban J connectivity index is 1.81. The normalized spacial score (nSPS) is 17.7. The number of aliphatic imine (C=N–C) groups is 1. The van der Waals surface area contributed by atoms with E-state index < -0.39 is 17.8 Å². The number of hydrogen-bond acceptors (Lipinski definition) is 4. The Labute approximate surface area is 175 Å². The quantitative estimate of drug-likeness (QED) is 0.295. The van der Waals surface area contributed by atoms with Gasteiger partial charge >= 0.3 is 12.1 Å². The standard InChI is InChI=1S/C21H30F3N3O3/c1-25-20(26-11-6-4-3-5-10-19(28)29-2)27-12-13-30-18(15-27)16-8-7-9-17(14-16)21(22,23)24/h7-9,14,18H,3-6,10-13,15H2,1-2H3,(H,25,26). The molecule has 1 heterocycles. The van der Waals surface area contributed by atoms with Gasteiger partial charge in [0.05, 0.1) is 25.8 Å². The number of carbonyl (C=O) groups excluding carboxylic acids is 1. The van der Waals surface area contributed by atoms with Crippen LogP contribution >= 0.6 is 0 Å². The number of rotatable bonds is 8. The number of unbranched alkanes of at least 4 members (excludes halogenated alkanes) is 3. The number of carbonyl (C=O) groups is 1. The first kappa shape index (κ1) is 24.0. The van der Waals surface area contributed by atoms with E-state index in [0.29, 0.717) is 37.6 Å². The Hall–Kier alpha value is -2.29. The van der Waals surface area contributed by atoms with Gasteiger partial charge in [-0.05, 0) is 30.5 Å². The third-order valence-corrected chi connectivity index (χ3v) is 4.98. The summed E-state index contributed by atoms with van der Waals surface area (Å²) in [6.07, 6.45) is -0.709. The van der Waals surface area contributed by atoms with Crippen molar-refractivity contribution in [3.05, 3.63) is 35.4 Å². The van der Waals surface area contributed by atoms with E-state index >= 15 is 0 Å². The van der Waals surface area contributed by atoms with Crippen LogP contribution in [0, 0.1) is 0 Å². The van der Waals surface area contributed by atoms with Gasteiger partial charge in [0, 0.05) is 26.6 Å². The van der Waals surface area contributed by atoms with Crippen LogP contribution in [0.3, 0.4) is 0 Å². The van der Waals surface area contributed by atoms with Gasteiger partial charge in [0.15, 0.2) is 5.96 Å². The Bertz CT molecular complexity index is 710. The zero-order valence-electron chi connectivity index (χ0n) is 17.5. The molecule has 0 radical (unpaired) electrons. The highest BCUT2D eigenvalue weighted by atomic mass is 19.4. The van der Waals surface area contributed by atoms with Crippen LogP contribution in [-0.2, 0) is 20.4 Å². The van der Waals surface area contributed by atoms with E-state index in [0.717, 1.165) is 44.4 Å². The van der Waals surface area contributed by atoms with E-state index in [2.05, 4.69) is 15.0 Å². The zero-order valence-corrected chi connectivity index (χ0v) is 17.5. The van der Waals surface area contributed by atoms with E-state index in [1.165, 1.54) is 13.2 Å². The first-order valence-electron chi connectivity index (χ1n) is 10.2. The molecule has 1 fully saturated rings. The molecular weight excluding hydrogens is 399 g/mol. The highest BCUT2D eigenvalue weighted by molar-refractivity contribution is 5.80. The highest BCUT2D eigenvalue weighted by Gasteiger charge is 2.32. The van der Waals surface area contributed by atoms with Gasteiger partial charge in [-0.1, -0.05) is 25.0 Å². The molecule has 0 bridgehead atoms. The first-order chi connectivity index (χ1) is 14.3. The van der Waals surface area contributed by atoms with Crippen LogP contribution in [0.4, 0.5) is 13.2 Å². The lowest BCUT2D eigenvalue weighted by atomic mass is 10.0. The molecule has 1 aliphatic heterocycles. The molecule has 1 unspecified atom stereocenters. The fourth-order valence-electron chi connectivity index (χ4n) is 3.34. The molecule has 0 aliphatic carbocycles. The third-order valence-electron chi connectivity index (χ3n) is 4.98. The Morgan fingerprint density at radius 3 is 2.77 bits per heavy atom. The van der Waals surface area contributed by atoms with Gasteiger partial charge in [-0.25, -0.2) is 0 Å². The second kappa shape index (κ2) is 11.8. The Morgan fingerprint density at radius 2 is 2.07 bits per heavy atom. The number of morpholine rings is 1. The molecule has 1 aliphatic rings. The average molecular weight is 429 g/mol. The van der Waals surface area contributed by atoms with Crippen LogP contribution < -0.4 is 5.32 Å². The van der Waals surface area contributed by atoms with Crippen molar-refractivity contribution in [3.63, 3.8) is 0 Å². The summed E-state index contributed by atoms with van der Waals surface area (Å²) in [5.74, 6) is 0.529. The molecule has 1 aromatic carbocycles. The summed E-state index contributed by atoms with van der Waals surface area (Å²) >= 11 is 0. The molecule has 0 spiro atoms. The monoisotopic (exact) mass is 429 g/mol. The zero-order chi connectivity index (χ0) is 22.0. The molecule has 0 amide bonds. The van der Waals surface area contributed by atoms with Gasteiger partial charge in [0.1, 0.15) is 6.10 Å². The molecular formula is C21H30F3N3O3. The number of guanidine groups is 1. The lowest BCUT2D eigenvalue weighted by Gasteiger charge is -2.35. The third kappa shape index (κ3) is 7.51. The number of hydrogen-bond donors (Lipinski definition) is 1. The highest BCUT2D eigenvalue weighted by Crippen LogP contribution is 2.32. The molecule has 0 aromatic heterocycles. The molecule has 1 atom stereocenters. The van der Waals surface area contributed by atoms with Gasteiger partial charge in [0.25, 0.3) is 0 Å². The SMILES string of the molecule is CN=C(NCCCCCCC(=O)OC)N1CCOC(c2cccc(C(F)(F)F)c2)C1. The average Bonchev–Trinajstić information content (AvgIpc) is 2.75. The fraction of sp³-hybridized carbons (Fsp3) is 0.619. The van der Waals surface area contributed by atoms with Crippen LogP contribution in [0.5, 0.6) is 0 Å². The maximum absolute atomic E-state index is 13.0. The van der Waals surface area contributed by atoms with Crippen molar-refractivity contribution >= 4 is 11.9 Å². The minimum atomic E-state index is -4.38. The predicted molar refractivity (Wildman–Crippen MR) is 108 cm³/mol. The molecule has 2 rings (SSSR count). The maximum atomic E-state index is 13.0. The van der Waals surface area contributed by atoms with Crippen molar-refractivity contribution in [1.82, 2.24) is 10.2 Å². The first-order valence-corrected chi connectivity index (χ1v) is 10.2. The van der Waals surface area contributed by atoms with Gasteiger partial charge in [-0.2, -0.15) is 13.2 Å². The van der Waals surface area contributed by atoms with Crippen molar-refractivity contribution in [3.8, 4) is 0 Å². The van der Waals surface area contributed by atoms with Crippen molar-refractivity contribution in [2.75, 3.05) is 40.4 Å². The molecule has 1 N–H and O–H groups in total. The Morgan fingerprint density at radius 1 is 1.30 bits per heavy atom. The van der Waals surface area contributed by atoms with Crippen LogP contribution in [0.2, 0.25) is 0 Å². The molecule has 168 valence electrons. The van der Waals surface area contributed by atoms with Crippen LogP contribution in [0.15, 0.2) is 29.3 Å². The number of nitrogens with one attached hydrogen (secondary N) is 1. The van der Waals surface area contributed by atoms with E-state index in [-0.39, 0.29) is 5.97 Å². The van der Waals surface area contributed by atoms with E-state index in [4.69, 9.17) is 4.74 Å². The summed E-state index contributed by atoms with van der Waals surface area (Å²) in [7, 11) is 3.08. The molecule has 30 heavy (non-hydrogen) atoms. The molecule has 0 saturated carbocycles. The van der Waals surface area contributed by atoms with Gasteiger partial charge in [-0.15, -0.1) is 0 Å². The second-order valence-corrected chi connectivity index (χ2v) is 7.14. The lowest BCUT2D eigenvalue weighted by molar-refractivity contribution is -0.140. The summed E-state index contributed by atoms with van der Waals surface area (Å²) in [5, 5.41) is 3.31. The smallest absolute Gasteiger partial charge is 0.416 e. The molecule has 1 saturated heterocycles. The predicted octanol–water partition coefficient (Wildman–Crippen LogP) is 3.78. The van der Waals surface area contributed by atoms with E-state index in [1.807, 2.05) is 4.90 Å². The molecule has 6 nitrogen and oxygen atoms in total. The lowest BCUT2D eigenvalue weighted by Crippen LogP contribution is -2.48. The Kier molecular flexibility index (Phi) is 9.42. The topological polar surface area (TPSA) is 63.2 Å². The van der Waals surface area contributed by atoms with Gasteiger partial charge < -0.3 is 19.7 Å². The maximum Gasteiger partial charge on any atom is 0.416 e. The summed E-state index contributed by atoms with van der Waals surface area (Å²) in [4.78, 5) is 17.4. The number of ether oxygens (including phenoxy) is 2. The number of alkyl halides is 3. The van der Waals surface area contributed by atoms with Crippen molar-refractivity contribution < 1.29 is 27.4 Å². The van der Waals surface area contributed by atoms with Crippen molar-refractivity contribution in [2.45, 2.75) is 44.4 Å². The van der Waals surface area contributed by atoms with Crippen molar-refractivity contribution in [1.29, 1.82) is 0 Å². The van der Waals surface area contributed by atoms with Crippen LogP contribution in [-0.4, -0.2) is 57.2 Å². The van der Waals surface area contributed by atoms with Crippen LogP contribution in [0.1, 0.15) is 49.3 Å². The minimum absolute atomic E-state index is 0.184. The minimum Gasteiger partial charge on any atom is -0.469 e. The number of halogens is 3. The van der Waals surface area contributed by atoms with Gasteiger partial charge in [-0.3, -0.25) is 9.79 Å². The number of methoxy groups -OCH3 is 1. The summed E-state index contributed by atoms with van der Waals surface area (Å²) in [5.41, 5.74) is -0.161. The molecule has 1 aromatic rings. The van der Waals surface area contributed by atoms with Gasteiger partial charge in [0.2, 0.25) is 0 Å². The number of benzene rings is 1. The summed E-state index contributed by atoms with van der Waals surface area (Å²) < 4.78 is 49.3. The second-order valence-electron chi connectivity index (χ2n) is 7.14. The summed E-state index contributed by atoms with van der Waals surface area (Å²) in [6.45, 7) is 2.19. The van der Waals surface area contributed by atoms with E-state index in [9.17, 15) is 18.0 Å². The number of nitrogens with zero attached hydrogens (tertiary/aromatic N) is 2. The largest absolute Gasteiger partial charge is 0.469 e.